The maximum Gasteiger partial charge on any atom is 0.104 e. The van der Waals surface area contributed by atoms with Gasteiger partial charge in [0, 0.05) is 25.3 Å². The maximum atomic E-state index is 4.43. The third kappa shape index (κ3) is 2.20. The fourth-order valence-electron chi connectivity index (χ4n) is 2.71. The molecule has 4 nitrogen and oxygen atoms in total. The van der Waals surface area contributed by atoms with Gasteiger partial charge >= 0.3 is 0 Å². The van der Waals surface area contributed by atoms with Gasteiger partial charge in [-0.3, -0.25) is 0 Å². The Kier molecular flexibility index (Phi) is 2.96. The van der Waals surface area contributed by atoms with Crippen LogP contribution < -0.4 is 10.2 Å². The lowest BCUT2D eigenvalue weighted by atomic mass is 10.2. The lowest BCUT2D eigenvalue weighted by molar-refractivity contribution is 0.600. The quantitative estimate of drug-likeness (QED) is 0.868. The second kappa shape index (κ2) is 4.61. The number of anilines is 1. The SMILES string of the molecule is Cc1nc2ccc(N(C)CC3CCCN3)cc2[nH]1. The highest BCUT2D eigenvalue weighted by Gasteiger charge is 2.16. The first-order valence-electron chi connectivity index (χ1n) is 6.63. The van der Waals surface area contributed by atoms with Crippen LogP contribution in [-0.4, -0.2) is 36.1 Å². The Balaban J connectivity index is 1.79. The van der Waals surface area contributed by atoms with E-state index >= 15 is 0 Å². The predicted octanol–water partition coefficient (Wildman–Crippen LogP) is 2.06. The molecule has 0 saturated carbocycles. The zero-order valence-electron chi connectivity index (χ0n) is 11.0. The van der Waals surface area contributed by atoms with E-state index < -0.39 is 0 Å². The summed E-state index contributed by atoms with van der Waals surface area (Å²) in [4.78, 5) is 10.0. The van der Waals surface area contributed by atoms with E-state index in [9.17, 15) is 0 Å². The van der Waals surface area contributed by atoms with Crippen molar-refractivity contribution in [3.63, 3.8) is 0 Å². The molecule has 1 aromatic heterocycles. The van der Waals surface area contributed by atoms with Crippen LogP contribution in [0, 0.1) is 6.92 Å². The molecule has 1 unspecified atom stereocenters. The summed E-state index contributed by atoms with van der Waals surface area (Å²) in [6, 6.07) is 7.06. The summed E-state index contributed by atoms with van der Waals surface area (Å²) in [5, 5.41) is 3.54. The summed E-state index contributed by atoms with van der Waals surface area (Å²) in [5.74, 6) is 0.974. The average Bonchev–Trinajstić information content (AvgIpc) is 2.95. The lowest BCUT2D eigenvalue weighted by Crippen LogP contribution is -2.35. The molecule has 2 N–H and O–H groups in total. The van der Waals surface area contributed by atoms with Crippen molar-refractivity contribution in [2.24, 2.45) is 0 Å². The number of benzene rings is 1. The average molecular weight is 244 g/mol. The van der Waals surface area contributed by atoms with Crippen LogP contribution >= 0.6 is 0 Å². The van der Waals surface area contributed by atoms with Crippen molar-refractivity contribution in [1.29, 1.82) is 0 Å². The van der Waals surface area contributed by atoms with Gasteiger partial charge in [0.25, 0.3) is 0 Å². The summed E-state index contributed by atoms with van der Waals surface area (Å²) < 4.78 is 0. The molecule has 2 heterocycles. The number of nitrogens with one attached hydrogen (secondary N) is 2. The summed E-state index contributed by atoms with van der Waals surface area (Å²) in [7, 11) is 2.16. The fraction of sp³-hybridized carbons (Fsp3) is 0.500. The van der Waals surface area contributed by atoms with Gasteiger partial charge in [-0.1, -0.05) is 0 Å². The fourth-order valence-corrected chi connectivity index (χ4v) is 2.71. The zero-order valence-corrected chi connectivity index (χ0v) is 11.0. The minimum absolute atomic E-state index is 0.634. The minimum Gasteiger partial charge on any atom is -0.373 e. The number of aryl methyl sites for hydroxylation is 1. The second-order valence-corrected chi connectivity index (χ2v) is 5.20. The van der Waals surface area contributed by atoms with Gasteiger partial charge in [0.15, 0.2) is 0 Å². The number of rotatable bonds is 3. The summed E-state index contributed by atoms with van der Waals surface area (Å²) >= 11 is 0. The number of likely N-dealkylation sites (N-methyl/N-ethyl adjacent to an activating group) is 1. The number of imidazole rings is 1. The van der Waals surface area contributed by atoms with Gasteiger partial charge in [0.05, 0.1) is 11.0 Å². The zero-order chi connectivity index (χ0) is 12.5. The summed E-state index contributed by atoms with van der Waals surface area (Å²) in [5.41, 5.74) is 3.42. The Morgan fingerprint density at radius 1 is 1.44 bits per heavy atom. The maximum absolute atomic E-state index is 4.43. The van der Waals surface area contributed by atoms with Crippen molar-refractivity contribution in [3.8, 4) is 0 Å². The molecule has 96 valence electrons. The Bertz CT molecular complexity index is 540. The number of H-pyrrole nitrogens is 1. The Labute approximate surface area is 107 Å². The standard InChI is InChI=1S/C14H20N4/c1-10-16-13-6-5-12(8-14(13)17-10)18(2)9-11-4-3-7-15-11/h5-6,8,11,15H,3-4,7,9H2,1-2H3,(H,16,17). The van der Waals surface area contributed by atoms with Gasteiger partial charge in [-0.25, -0.2) is 4.98 Å². The van der Waals surface area contributed by atoms with Crippen LogP contribution in [0.15, 0.2) is 18.2 Å². The van der Waals surface area contributed by atoms with E-state index in [-0.39, 0.29) is 0 Å². The number of aromatic nitrogens is 2. The first kappa shape index (κ1) is 11.5. The first-order chi connectivity index (χ1) is 8.72. The molecule has 1 atom stereocenters. The lowest BCUT2D eigenvalue weighted by Gasteiger charge is -2.23. The molecule has 0 amide bonds. The van der Waals surface area contributed by atoms with Gasteiger partial charge in [-0.15, -0.1) is 0 Å². The van der Waals surface area contributed by atoms with Crippen molar-refractivity contribution in [3.05, 3.63) is 24.0 Å². The van der Waals surface area contributed by atoms with Crippen LogP contribution in [0.4, 0.5) is 5.69 Å². The molecule has 0 radical (unpaired) electrons. The molecule has 3 rings (SSSR count). The monoisotopic (exact) mass is 244 g/mol. The molecule has 0 aliphatic carbocycles. The molecule has 18 heavy (non-hydrogen) atoms. The smallest absolute Gasteiger partial charge is 0.104 e. The third-order valence-electron chi connectivity index (χ3n) is 3.68. The highest BCUT2D eigenvalue weighted by atomic mass is 15.1. The predicted molar refractivity (Wildman–Crippen MR) is 75.1 cm³/mol. The molecular formula is C14H20N4. The largest absolute Gasteiger partial charge is 0.373 e. The van der Waals surface area contributed by atoms with Crippen LogP contribution in [0.25, 0.3) is 11.0 Å². The van der Waals surface area contributed by atoms with Crippen LogP contribution in [0.5, 0.6) is 0 Å². The van der Waals surface area contributed by atoms with E-state index in [1.165, 1.54) is 18.5 Å². The van der Waals surface area contributed by atoms with E-state index in [0.29, 0.717) is 6.04 Å². The van der Waals surface area contributed by atoms with Gasteiger partial charge in [-0.05, 0) is 44.5 Å². The Hall–Kier alpha value is -1.55. The summed E-state index contributed by atoms with van der Waals surface area (Å²) in [6.07, 6.45) is 2.59. The van der Waals surface area contributed by atoms with Crippen molar-refractivity contribution < 1.29 is 0 Å². The van der Waals surface area contributed by atoms with Crippen LogP contribution in [-0.2, 0) is 0 Å². The Morgan fingerprint density at radius 3 is 3.11 bits per heavy atom. The van der Waals surface area contributed by atoms with Crippen molar-refractivity contribution >= 4 is 16.7 Å². The summed E-state index contributed by atoms with van der Waals surface area (Å²) in [6.45, 7) is 4.22. The molecular weight excluding hydrogens is 224 g/mol. The van der Waals surface area contributed by atoms with Crippen LogP contribution in [0.3, 0.4) is 0 Å². The first-order valence-corrected chi connectivity index (χ1v) is 6.63. The van der Waals surface area contributed by atoms with Gasteiger partial charge < -0.3 is 15.2 Å². The normalized spacial score (nSPS) is 19.6. The van der Waals surface area contributed by atoms with E-state index in [2.05, 4.69) is 45.4 Å². The highest BCUT2D eigenvalue weighted by Crippen LogP contribution is 2.20. The van der Waals surface area contributed by atoms with E-state index in [4.69, 9.17) is 0 Å². The molecule has 1 saturated heterocycles. The number of hydrogen-bond donors (Lipinski definition) is 2. The van der Waals surface area contributed by atoms with Crippen molar-refractivity contribution in [1.82, 2.24) is 15.3 Å². The van der Waals surface area contributed by atoms with Crippen LogP contribution in [0.2, 0.25) is 0 Å². The van der Waals surface area contributed by atoms with Crippen molar-refractivity contribution in [2.45, 2.75) is 25.8 Å². The van der Waals surface area contributed by atoms with E-state index in [1.807, 2.05) is 6.92 Å². The number of nitrogens with zero attached hydrogens (tertiary/aromatic N) is 2. The minimum atomic E-state index is 0.634. The van der Waals surface area contributed by atoms with Gasteiger partial charge in [-0.2, -0.15) is 0 Å². The molecule has 1 fully saturated rings. The van der Waals surface area contributed by atoms with Crippen LogP contribution in [0.1, 0.15) is 18.7 Å². The Morgan fingerprint density at radius 2 is 2.33 bits per heavy atom. The van der Waals surface area contributed by atoms with E-state index in [0.717, 1.165) is 29.9 Å². The molecule has 0 spiro atoms. The van der Waals surface area contributed by atoms with Gasteiger partial charge in [0.1, 0.15) is 5.82 Å². The number of hydrogen-bond acceptors (Lipinski definition) is 3. The molecule has 0 bridgehead atoms. The number of fused-ring (bicyclic) bond motifs is 1. The molecule has 1 aliphatic heterocycles. The van der Waals surface area contributed by atoms with Gasteiger partial charge in [0.2, 0.25) is 0 Å². The number of aromatic amines is 1. The third-order valence-corrected chi connectivity index (χ3v) is 3.68. The highest BCUT2D eigenvalue weighted by molar-refractivity contribution is 5.79. The topological polar surface area (TPSA) is 44.0 Å². The molecule has 2 aromatic rings. The molecule has 4 heteroatoms. The molecule has 1 aliphatic rings. The van der Waals surface area contributed by atoms with E-state index in [1.54, 1.807) is 0 Å². The van der Waals surface area contributed by atoms with Crippen molar-refractivity contribution in [2.75, 3.05) is 25.0 Å². The second-order valence-electron chi connectivity index (χ2n) is 5.20. The molecule has 1 aromatic carbocycles.